The molecule has 0 aromatic rings. The Morgan fingerprint density at radius 2 is 1.44 bits per heavy atom. The van der Waals surface area contributed by atoms with Crippen molar-refractivity contribution in [3.05, 3.63) is 36.8 Å². The first kappa shape index (κ1) is 22.2. The van der Waals surface area contributed by atoms with Crippen LogP contribution in [-0.4, -0.2) is 19.3 Å². The van der Waals surface area contributed by atoms with Crippen LogP contribution in [0.5, 0.6) is 0 Å². The molecule has 108 valence electrons. The van der Waals surface area contributed by atoms with E-state index in [0.717, 1.165) is 20.3 Å². The number of aliphatic hydroxyl groups is 1. The maximum absolute atomic E-state index is 11.4. The zero-order valence-corrected chi connectivity index (χ0v) is 13.0. The first-order chi connectivity index (χ1) is 8.52. The Balaban J connectivity index is -0.000000506. The van der Waals surface area contributed by atoms with Gasteiger partial charge in [0.15, 0.2) is 11.5 Å². The van der Waals surface area contributed by atoms with Gasteiger partial charge in [0.25, 0.3) is 0 Å². The zero-order chi connectivity index (χ0) is 15.2. The van der Waals surface area contributed by atoms with Gasteiger partial charge in [-0.2, -0.15) is 0 Å². The van der Waals surface area contributed by atoms with Crippen LogP contribution in [0.4, 0.5) is 0 Å². The highest BCUT2D eigenvalue weighted by molar-refractivity contribution is 7.48. The second kappa shape index (κ2) is 14.0. The van der Waals surface area contributed by atoms with E-state index in [0.29, 0.717) is 0 Å². The number of rotatable bonds is 6. The molecule has 0 radical (unpaired) electrons. The van der Waals surface area contributed by atoms with E-state index in [-0.39, 0.29) is 11.5 Å². The van der Waals surface area contributed by atoms with Gasteiger partial charge in [0.05, 0.1) is 0 Å². The summed E-state index contributed by atoms with van der Waals surface area (Å²) in [5.41, 5.74) is 0. The molecular weight excluding hydrogens is 255 g/mol. The summed E-state index contributed by atoms with van der Waals surface area (Å²) in [4.78, 5) is 0. The molecule has 6 heteroatoms. The van der Waals surface area contributed by atoms with Gasteiger partial charge >= 0.3 is 7.82 Å². The molecule has 0 spiro atoms. The fourth-order valence-electron chi connectivity index (χ4n) is 0.559. The minimum atomic E-state index is -3.66. The minimum absolute atomic E-state index is 0.118. The molecule has 0 amide bonds. The van der Waals surface area contributed by atoms with Crippen molar-refractivity contribution in [2.45, 2.75) is 27.7 Å². The summed E-state index contributed by atoms with van der Waals surface area (Å²) >= 11 is 0. The van der Waals surface area contributed by atoms with E-state index in [9.17, 15) is 9.67 Å². The lowest BCUT2D eigenvalue weighted by Crippen LogP contribution is -1.96. The number of aliphatic hydroxyl groups excluding tert-OH is 1. The predicted molar refractivity (Wildman–Crippen MR) is 75.5 cm³/mol. The van der Waals surface area contributed by atoms with E-state index in [1.165, 1.54) is 6.08 Å². The maximum Gasteiger partial charge on any atom is 0.529 e. The van der Waals surface area contributed by atoms with Crippen molar-refractivity contribution in [1.29, 1.82) is 0 Å². The smallest absolute Gasteiger partial charge is 0.504 e. The van der Waals surface area contributed by atoms with Crippen LogP contribution in [0.2, 0.25) is 0 Å². The topological polar surface area (TPSA) is 65.0 Å². The Kier molecular flexibility index (Phi) is 17.3. The van der Waals surface area contributed by atoms with Gasteiger partial charge in [-0.25, -0.2) is 4.57 Å². The van der Waals surface area contributed by atoms with Crippen molar-refractivity contribution in [2.24, 2.45) is 0 Å². The third-order valence-corrected chi connectivity index (χ3v) is 2.60. The highest BCUT2D eigenvalue weighted by Crippen LogP contribution is 2.50. The summed E-state index contributed by atoms with van der Waals surface area (Å²) in [5, 5.41) is 9.21. The maximum atomic E-state index is 11.4. The monoisotopic (exact) mass is 280 g/mol. The molecule has 0 saturated carbocycles. The average Bonchev–Trinajstić information content (AvgIpc) is 2.47. The van der Waals surface area contributed by atoms with Crippen molar-refractivity contribution in [2.75, 3.05) is 14.2 Å². The van der Waals surface area contributed by atoms with Crippen molar-refractivity contribution in [3.8, 4) is 0 Å². The molecular formula is C12H25O5P. The summed E-state index contributed by atoms with van der Waals surface area (Å²) in [6, 6.07) is 0. The molecule has 0 aromatic carbocycles. The third kappa shape index (κ3) is 9.05. The Morgan fingerprint density at radius 1 is 1.06 bits per heavy atom. The lowest BCUT2D eigenvalue weighted by atomic mass is 10.4. The standard InChI is InChI=1S/C8H13O5P.2C2H6/c1-5-7(9)8(6-2)13-14(10,11-3)12-4;2*1-2/h5-6,9H,1-2H2,3-4H3;2*1-2H3/b8-7-;;. The van der Waals surface area contributed by atoms with Gasteiger partial charge in [0.2, 0.25) is 0 Å². The quantitative estimate of drug-likeness (QED) is 0.437. The Labute approximate surface area is 110 Å². The van der Waals surface area contributed by atoms with Crippen LogP contribution in [0.15, 0.2) is 36.8 Å². The molecule has 0 bridgehead atoms. The van der Waals surface area contributed by atoms with E-state index in [1.54, 1.807) is 0 Å². The van der Waals surface area contributed by atoms with Crippen LogP contribution in [-0.2, 0) is 18.1 Å². The van der Waals surface area contributed by atoms with E-state index in [1.807, 2.05) is 27.7 Å². The second-order valence-electron chi connectivity index (χ2n) is 2.06. The largest absolute Gasteiger partial charge is 0.529 e. The van der Waals surface area contributed by atoms with Crippen molar-refractivity contribution in [3.63, 3.8) is 0 Å². The van der Waals surface area contributed by atoms with Crippen LogP contribution in [0, 0.1) is 0 Å². The summed E-state index contributed by atoms with van der Waals surface area (Å²) in [6.45, 7) is 14.7. The molecule has 18 heavy (non-hydrogen) atoms. The Bertz CT molecular complexity index is 289. The number of hydrogen-bond acceptors (Lipinski definition) is 5. The summed E-state index contributed by atoms with van der Waals surface area (Å²) in [5.74, 6) is -0.415. The SMILES string of the molecule is C=C/C(O)=C(\C=C)OP(=O)(OC)OC.CC.CC. The molecule has 5 nitrogen and oxygen atoms in total. The van der Waals surface area contributed by atoms with Crippen LogP contribution in [0.25, 0.3) is 0 Å². The summed E-state index contributed by atoms with van der Waals surface area (Å²) < 4.78 is 25.2. The molecule has 0 rings (SSSR count). The molecule has 0 aliphatic carbocycles. The Morgan fingerprint density at radius 3 is 1.67 bits per heavy atom. The zero-order valence-electron chi connectivity index (χ0n) is 12.1. The molecule has 0 aliphatic heterocycles. The molecule has 0 fully saturated rings. The normalized spacial score (nSPS) is 10.8. The predicted octanol–water partition coefficient (Wildman–Crippen LogP) is 4.60. The van der Waals surface area contributed by atoms with Gasteiger partial charge in [-0.1, -0.05) is 40.9 Å². The van der Waals surface area contributed by atoms with Gasteiger partial charge in [0, 0.05) is 14.2 Å². The van der Waals surface area contributed by atoms with Gasteiger partial charge in [-0.15, -0.1) is 0 Å². The van der Waals surface area contributed by atoms with Gasteiger partial charge in [-0.3, -0.25) is 9.05 Å². The van der Waals surface area contributed by atoms with E-state index in [4.69, 9.17) is 4.52 Å². The van der Waals surface area contributed by atoms with E-state index in [2.05, 4.69) is 22.2 Å². The van der Waals surface area contributed by atoms with Crippen LogP contribution < -0.4 is 0 Å². The number of phosphoric ester groups is 1. The molecule has 0 atom stereocenters. The first-order valence-corrected chi connectivity index (χ1v) is 7.08. The Hall–Kier alpha value is -1.03. The molecule has 0 unspecified atom stereocenters. The number of allylic oxidation sites excluding steroid dienone is 2. The molecule has 0 saturated heterocycles. The fraction of sp³-hybridized carbons (Fsp3) is 0.500. The first-order valence-electron chi connectivity index (χ1n) is 5.62. The average molecular weight is 280 g/mol. The fourth-order valence-corrected chi connectivity index (χ4v) is 1.27. The van der Waals surface area contributed by atoms with Crippen LogP contribution >= 0.6 is 7.82 Å². The summed E-state index contributed by atoms with van der Waals surface area (Å²) in [7, 11) is -1.33. The third-order valence-electron chi connectivity index (χ3n) is 1.29. The van der Waals surface area contributed by atoms with Gasteiger partial charge in [0.1, 0.15) is 0 Å². The van der Waals surface area contributed by atoms with Crippen molar-refractivity contribution in [1.82, 2.24) is 0 Å². The van der Waals surface area contributed by atoms with Crippen LogP contribution in [0.1, 0.15) is 27.7 Å². The van der Waals surface area contributed by atoms with E-state index >= 15 is 0 Å². The van der Waals surface area contributed by atoms with Gasteiger partial charge in [-0.05, 0) is 12.2 Å². The second-order valence-corrected chi connectivity index (χ2v) is 3.87. The van der Waals surface area contributed by atoms with Crippen molar-refractivity contribution >= 4 is 7.82 Å². The summed E-state index contributed by atoms with van der Waals surface area (Å²) in [6.07, 6.45) is 2.29. The number of hydrogen-bond donors (Lipinski definition) is 1. The molecule has 0 heterocycles. The van der Waals surface area contributed by atoms with Crippen molar-refractivity contribution < 1.29 is 23.2 Å². The highest BCUT2D eigenvalue weighted by atomic mass is 31.2. The lowest BCUT2D eigenvalue weighted by molar-refractivity contribution is 0.181. The van der Waals surface area contributed by atoms with Gasteiger partial charge < -0.3 is 9.63 Å². The molecule has 0 aliphatic rings. The lowest BCUT2D eigenvalue weighted by Gasteiger charge is -2.14. The molecule has 0 aromatic heterocycles. The molecule has 1 N–H and O–H groups in total. The van der Waals surface area contributed by atoms with E-state index < -0.39 is 7.82 Å². The minimum Gasteiger partial charge on any atom is -0.504 e. The van der Waals surface area contributed by atoms with Crippen LogP contribution in [0.3, 0.4) is 0 Å². The highest BCUT2D eigenvalue weighted by Gasteiger charge is 2.25. The number of phosphoric acid groups is 1.